The summed E-state index contributed by atoms with van der Waals surface area (Å²) in [7, 11) is 0. The fraction of sp³-hybridized carbons (Fsp3) is 0.333. The molecule has 1 aliphatic rings. The number of hydrogen-bond donors (Lipinski definition) is 2. The number of anilines is 2. The van der Waals surface area contributed by atoms with Crippen molar-refractivity contribution < 1.29 is 27.9 Å². The molecule has 35 heavy (non-hydrogen) atoms. The molecule has 0 fully saturated rings. The van der Waals surface area contributed by atoms with E-state index in [0.717, 1.165) is 29.6 Å². The highest BCUT2D eigenvalue weighted by molar-refractivity contribution is 6.02. The zero-order chi connectivity index (χ0) is 25.9. The number of carboxylic acids is 1. The lowest BCUT2D eigenvalue weighted by molar-refractivity contribution is -0.160. The van der Waals surface area contributed by atoms with Gasteiger partial charge in [-0.2, -0.15) is 13.2 Å². The number of allylic oxidation sites excluding steroid dienone is 3. The Kier molecular flexibility index (Phi) is 7.73. The zero-order valence-electron chi connectivity index (χ0n) is 20.0. The molecule has 2 aromatic rings. The van der Waals surface area contributed by atoms with Crippen LogP contribution in [0.3, 0.4) is 0 Å². The van der Waals surface area contributed by atoms with Gasteiger partial charge in [0.2, 0.25) is 5.91 Å². The molecule has 3 rings (SSSR count). The Morgan fingerprint density at radius 2 is 1.51 bits per heavy atom. The molecule has 0 heterocycles. The smallest absolute Gasteiger partial charge is 0.408 e. The number of hydrogen-bond acceptors (Lipinski definition) is 3. The van der Waals surface area contributed by atoms with Gasteiger partial charge in [-0.15, -0.1) is 0 Å². The number of halogens is 3. The number of alkyl halides is 3. The quantitative estimate of drug-likeness (QED) is 0.465. The summed E-state index contributed by atoms with van der Waals surface area (Å²) in [5.41, 5.74) is 3.75. The summed E-state index contributed by atoms with van der Waals surface area (Å²) in [6.07, 6.45) is 1.64. The van der Waals surface area contributed by atoms with Crippen LogP contribution in [0.2, 0.25) is 0 Å². The lowest BCUT2D eigenvalue weighted by atomic mass is 9.90. The normalized spacial score (nSPS) is 19.5. The first kappa shape index (κ1) is 26.1. The number of nitrogens with one attached hydrogen (secondary N) is 1. The van der Waals surface area contributed by atoms with E-state index in [9.17, 15) is 27.9 Å². The number of rotatable bonds is 7. The number of amides is 1. The number of carbonyl (C=O) groups is 2. The Labute approximate surface area is 203 Å². The predicted octanol–water partition coefficient (Wildman–Crippen LogP) is 6.09. The summed E-state index contributed by atoms with van der Waals surface area (Å²) in [6.45, 7) is 7.02. The van der Waals surface area contributed by atoms with Crippen molar-refractivity contribution in [2.45, 2.75) is 45.8 Å². The van der Waals surface area contributed by atoms with E-state index in [1.165, 1.54) is 12.1 Å². The summed E-state index contributed by atoms with van der Waals surface area (Å²) in [6, 6.07) is 12.0. The molecule has 1 amide bonds. The molecule has 0 aliphatic heterocycles. The molecule has 0 saturated carbocycles. The maximum absolute atomic E-state index is 12.9. The molecule has 186 valence electrons. The number of aryl methyl sites for hydroxylation is 1. The third-order valence-corrected chi connectivity index (χ3v) is 6.23. The van der Waals surface area contributed by atoms with Gasteiger partial charge in [0.05, 0.1) is 0 Å². The fourth-order valence-corrected chi connectivity index (χ4v) is 3.79. The minimum Gasteiger partial charge on any atom is -0.480 e. The Morgan fingerprint density at radius 3 is 2.00 bits per heavy atom. The van der Waals surface area contributed by atoms with Crippen LogP contribution in [0.5, 0.6) is 0 Å². The van der Waals surface area contributed by atoms with Crippen molar-refractivity contribution in [1.82, 2.24) is 5.32 Å². The maximum Gasteiger partial charge on any atom is 0.408 e. The Hall–Kier alpha value is -3.55. The van der Waals surface area contributed by atoms with E-state index in [1.807, 2.05) is 42.2 Å². The van der Waals surface area contributed by atoms with E-state index in [0.29, 0.717) is 11.8 Å². The van der Waals surface area contributed by atoms with Crippen LogP contribution >= 0.6 is 0 Å². The molecule has 0 spiro atoms. The zero-order valence-corrected chi connectivity index (χ0v) is 20.0. The minimum atomic E-state index is -4.67. The van der Waals surface area contributed by atoms with Gasteiger partial charge in [-0.25, -0.2) is 0 Å². The molecule has 2 aromatic carbocycles. The van der Waals surface area contributed by atoms with Gasteiger partial charge >= 0.3 is 12.1 Å². The third kappa shape index (κ3) is 6.12. The van der Waals surface area contributed by atoms with E-state index in [1.54, 1.807) is 17.4 Å². The van der Waals surface area contributed by atoms with Crippen molar-refractivity contribution in [2.24, 2.45) is 11.8 Å². The van der Waals surface area contributed by atoms with Crippen LogP contribution in [-0.2, 0) is 9.59 Å². The van der Waals surface area contributed by atoms with Gasteiger partial charge in [0.1, 0.15) is 6.04 Å². The lowest BCUT2D eigenvalue weighted by Crippen LogP contribution is -2.46. The molecule has 0 aromatic heterocycles. The van der Waals surface area contributed by atoms with Crippen LogP contribution < -0.4 is 10.2 Å². The SMILES string of the molecule is Cc1ccc(N(C2=CC(C)C(C)C=C2)c2ccc(C(C(=O)O)C(=O)NC(C)C(F)(F)F)cc2)cc1. The van der Waals surface area contributed by atoms with Crippen molar-refractivity contribution in [3.05, 3.63) is 83.6 Å². The summed E-state index contributed by atoms with van der Waals surface area (Å²) in [5.74, 6) is -3.82. The molecule has 0 radical (unpaired) electrons. The molecular formula is C27H29F3N2O3. The van der Waals surface area contributed by atoms with Crippen LogP contribution in [0.15, 0.2) is 72.5 Å². The number of nitrogens with zero attached hydrogens (tertiary/aromatic N) is 1. The molecule has 5 nitrogen and oxygen atoms in total. The fourth-order valence-electron chi connectivity index (χ4n) is 3.79. The van der Waals surface area contributed by atoms with Gasteiger partial charge in [-0.1, -0.05) is 55.8 Å². The second kappa shape index (κ2) is 10.4. The van der Waals surface area contributed by atoms with E-state index >= 15 is 0 Å². The topological polar surface area (TPSA) is 69.6 Å². The molecule has 0 bridgehead atoms. The van der Waals surface area contributed by atoms with Crippen molar-refractivity contribution in [2.75, 3.05) is 4.90 Å². The van der Waals surface area contributed by atoms with Crippen molar-refractivity contribution in [3.63, 3.8) is 0 Å². The summed E-state index contributed by atoms with van der Waals surface area (Å²) >= 11 is 0. The standard InChI is InChI=1S/C27H29F3N2O3/c1-16-5-10-21(11-6-16)32(23-12-7-17(2)18(3)15-23)22-13-8-20(9-14-22)24(26(34)35)25(33)31-19(4)27(28,29)30/h5-15,17-19,24H,1-4H3,(H,31,33)(H,34,35). The highest BCUT2D eigenvalue weighted by atomic mass is 19.4. The largest absolute Gasteiger partial charge is 0.480 e. The number of aliphatic carboxylic acids is 1. The van der Waals surface area contributed by atoms with E-state index < -0.39 is 30.0 Å². The monoisotopic (exact) mass is 486 g/mol. The van der Waals surface area contributed by atoms with Crippen LogP contribution in [0.4, 0.5) is 24.5 Å². The van der Waals surface area contributed by atoms with Crippen molar-refractivity contribution in [3.8, 4) is 0 Å². The Morgan fingerprint density at radius 1 is 0.971 bits per heavy atom. The van der Waals surface area contributed by atoms with Gasteiger partial charge in [0.25, 0.3) is 0 Å². The van der Waals surface area contributed by atoms with Gasteiger partial charge in [0.15, 0.2) is 5.92 Å². The van der Waals surface area contributed by atoms with Crippen LogP contribution in [0, 0.1) is 18.8 Å². The minimum absolute atomic E-state index is 0.0899. The average Bonchev–Trinajstić information content (AvgIpc) is 2.78. The second-order valence-electron chi connectivity index (χ2n) is 8.97. The molecular weight excluding hydrogens is 457 g/mol. The Balaban J connectivity index is 1.96. The van der Waals surface area contributed by atoms with Crippen molar-refractivity contribution >= 4 is 23.3 Å². The van der Waals surface area contributed by atoms with Gasteiger partial charge in [0, 0.05) is 17.1 Å². The summed E-state index contributed by atoms with van der Waals surface area (Å²) in [5, 5.41) is 11.3. The second-order valence-corrected chi connectivity index (χ2v) is 8.97. The van der Waals surface area contributed by atoms with Crippen LogP contribution in [0.1, 0.15) is 37.8 Å². The van der Waals surface area contributed by atoms with Crippen molar-refractivity contribution in [1.29, 1.82) is 0 Å². The molecule has 1 aliphatic carbocycles. The molecule has 8 heteroatoms. The van der Waals surface area contributed by atoms with Crippen LogP contribution in [0.25, 0.3) is 0 Å². The number of carbonyl (C=O) groups excluding carboxylic acids is 1. The first-order valence-corrected chi connectivity index (χ1v) is 11.3. The molecule has 0 saturated heterocycles. The van der Waals surface area contributed by atoms with E-state index in [2.05, 4.69) is 26.0 Å². The number of carboxylic acid groups (broad SMARTS) is 1. The predicted molar refractivity (Wildman–Crippen MR) is 129 cm³/mol. The highest BCUT2D eigenvalue weighted by Gasteiger charge is 2.39. The average molecular weight is 487 g/mol. The number of benzene rings is 2. The lowest BCUT2D eigenvalue weighted by Gasteiger charge is -2.30. The first-order chi connectivity index (χ1) is 16.4. The van der Waals surface area contributed by atoms with E-state index in [4.69, 9.17) is 0 Å². The highest BCUT2D eigenvalue weighted by Crippen LogP contribution is 2.35. The van der Waals surface area contributed by atoms with Gasteiger partial charge in [-0.05, 0) is 61.6 Å². The molecule has 4 unspecified atom stereocenters. The third-order valence-electron chi connectivity index (χ3n) is 6.23. The van der Waals surface area contributed by atoms with Crippen LogP contribution in [-0.4, -0.2) is 29.2 Å². The molecule has 2 N–H and O–H groups in total. The summed E-state index contributed by atoms with van der Waals surface area (Å²) < 4.78 is 38.6. The Bertz CT molecular complexity index is 1120. The maximum atomic E-state index is 12.9. The summed E-state index contributed by atoms with van der Waals surface area (Å²) in [4.78, 5) is 26.2. The first-order valence-electron chi connectivity index (χ1n) is 11.3. The van der Waals surface area contributed by atoms with Gasteiger partial charge < -0.3 is 15.3 Å². The van der Waals surface area contributed by atoms with E-state index in [-0.39, 0.29) is 5.56 Å². The molecule has 4 atom stereocenters. The van der Waals surface area contributed by atoms with Gasteiger partial charge in [-0.3, -0.25) is 9.59 Å².